The van der Waals surface area contributed by atoms with E-state index in [2.05, 4.69) is 4.98 Å². The van der Waals surface area contributed by atoms with Crippen LogP contribution in [0.3, 0.4) is 0 Å². The highest BCUT2D eigenvalue weighted by Gasteiger charge is 2.29. The second-order valence-electron chi connectivity index (χ2n) is 8.01. The molecular formula is C24H21ClF2N4O3. The average molecular weight is 487 g/mol. The number of amides is 1. The van der Waals surface area contributed by atoms with Gasteiger partial charge in [-0.05, 0) is 36.4 Å². The van der Waals surface area contributed by atoms with Crippen LogP contribution in [-0.2, 0) is 17.7 Å². The number of rotatable bonds is 4. The molecule has 10 heteroatoms. The minimum Gasteiger partial charge on any atom is -0.435 e. The largest absolute Gasteiger partial charge is 0.435 e. The number of nitrogens with zero attached hydrogens (tertiary/aromatic N) is 4. The summed E-state index contributed by atoms with van der Waals surface area (Å²) >= 11 is 5.94. The van der Waals surface area contributed by atoms with Gasteiger partial charge < -0.3 is 19.3 Å². The van der Waals surface area contributed by atoms with Crippen LogP contribution in [-0.4, -0.2) is 53.6 Å². The normalized spacial score (nSPS) is 15.7. The number of hydrogen-bond acceptors (Lipinski definition) is 6. The zero-order valence-electron chi connectivity index (χ0n) is 18.1. The summed E-state index contributed by atoms with van der Waals surface area (Å²) in [4.78, 5) is 26.0. The molecule has 0 saturated carbocycles. The topological polar surface area (TPSA) is 67.8 Å². The molecule has 176 valence electrons. The first kappa shape index (κ1) is 22.5. The van der Waals surface area contributed by atoms with Crippen LogP contribution in [0.1, 0.15) is 21.6 Å². The molecule has 7 nitrogen and oxygen atoms in total. The standard InChI is InChI=1S/C24H21ClF2N4O3/c25-16-3-1-15(2-4-16)23(32)31-8-7-20-18(14-31)22(34-21-6-5-17(26)13-19(21)27)29-24(28-20)30-9-11-33-12-10-30/h1-6,13H,7-12,14H2. The Balaban J connectivity index is 1.49. The van der Waals surface area contributed by atoms with Crippen molar-refractivity contribution in [1.82, 2.24) is 14.9 Å². The molecule has 2 aliphatic rings. The van der Waals surface area contributed by atoms with Crippen LogP contribution in [0.2, 0.25) is 5.02 Å². The Morgan fingerprint density at radius 1 is 1.03 bits per heavy atom. The number of benzene rings is 2. The van der Waals surface area contributed by atoms with Crippen molar-refractivity contribution in [3.8, 4) is 11.6 Å². The number of ether oxygens (including phenoxy) is 2. The lowest BCUT2D eigenvalue weighted by atomic mass is 10.1. The van der Waals surface area contributed by atoms with Gasteiger partial charge in [-0.25, -0.2) is 13.8 Å². The molecule has 0 spiro atoms. The molecule has 1 fully saturated rings. The Morgan fingerprint density at radius 3 is 2.53 bits per heavy atom. The molecule has 2 aliphatic heterocycles. The van der Waals surface area contributed by atoms with Crippen LogP contribution in [0.15, 0.2) is 42.5 Å². The van der Waals surface area contributed by atoms with Crippen LogP contribution in [0, 0.1) is 11.6 Å². The van der Waals surface area contributed by atoms with Crippen LogP contribution >= 0.6 is 11.6 Å². The minimum absolute atomic E-state index is 0.144. The number of morpholine rings is 1. The summed E-state index contributed by atoms with van der Waals surface area (Å²) in [7, 11) is 0. The van der Waals surface area contributed by atoms with Gasteiger partial charge >= 0.3 is 0 Å². The van der Waals surface area contributed by atoms with E-state index in [4.69, 9.17) is 26.1 Å². The maximum absolute atomic E-state index is 14.4. The maximum Gasteiger partial charge on any atom is 0.254 e. The SMILES string of the molecule is O=C(c1ccc(Cl)cc1)N1CCc2nc(N3CCOCC3)nc(Oc3ccc(F)cc3F)c2C1. The zero-order valence-corrected chi connectivity index (χ0v) is 18.9. The Morgan fingerprint density at radius 2 is 1.79 bits per heavy atom. The van der Waals surface area contributed by atoms with E-state index in [1.165, 1.54) is 6.07 Å². The molecule has 0 atom stereocenters. The van der Waals surface area contributed by atoms with Gasteiger partial charge in [-0.3, -0.25) is 4.79 Å². The lowest BCUT2D eigenvalue weighted by Gasteiger charge is -2.32. The van der Waals surface area contributed by atoms with E-state index >= 15 is 0 Å². The molecule has 0 N–H and O–H groups in total. The highest BCUT2D eigenvalue weighted by molar-refractivity contribution is 6.30. The zero-order chi connectivity index (χ0) is 23.7. The first-order valence-electron chi connectivity index (χ1n) is 10.9. The summed E-state index contributed by atoms with van der Waals surface area (Å²) in [5, 5.41) is 0.543. The fourth-order valence-electron chi connectivity index (χ4n) is 3.97. The molecule has 0 radical (unpaired) electrons. The summed E-state index contributed by atoms with van der Waals surface area (Å²) in [5.74, 6) is -1.27. The first-order valence-corrected chi connectivity index (χ1v) is 11.3. The maximum atomic E-state index is 14.4. The Kier molecular flexibility index (Phi) is 6.30. The van der Waals surface area contributed by atoms with Gasteiger partial charge in [0.05, 0.1) is 31.0 Å². The predicted molar refractivity (Wildman–Crippen MR) is 121 cm³/mol. The Labute approximate surface area is 199 Å². The third kappa shape index (κ3) is 4.67. The van der Waals surface area contributed by atoms with Gasteiger partial charge in [0, 0.05) is 42.7 Å². The molecule has 1 aromatic heterocycles. The van der Waals surface area contributed by atoms with Gasteiger partial charge in [0.25, 0.3) is 5.91 Å². The molecule has 1 amide bonds. The lowest BCUT2D eigenvalue weighted by Crippen LogP contribution is -2.39. The van der Waals surface area contributed by atoms with Crippen molar-refractivity contribution >= 4 is 23.5 Å². The smallest absolute Gasteiger partial charge is 0.254 e. The van der Waals surface area contributed by atoms with Crippen molar-refractivity contribution in [2.45, 2.75) is 13.0 Å². The van der Waals surface area contributed by atoms with Crippen molar-refractivity contribution in [2.24, 2.45) is 0 Å². The van der Waals surface area contributed by atoms with Crippen LogP contribution in [0.25, 0.3) is 0 Å². The van der Waals surface area contributed by atoms with E-state index in [1.807, 2.05) is 4.90 Å². The van der Waals surface area contributed by atoms with E-state index in [9.17, 15) is 13.6 Å². The van der Waals surface area contributed by atoms with Gasteiger partial charge in [0.15, 0.2) is 11.6 Å². The summed E-state index contributed by atoms with van der Waals surface area (Å²) in [6.45, 7) is 2.98. The molecule has 3 aromatic rings. The van der Waals surface area contributed by atoms with E-state index in [-0.39, 0.29) is 24.1 Å². The van der Waals surface area contributed by atoms with Crippen molar-refractivity contribution < 1.29 is 23.0 Å². The molecule has 0 unspecified atom stereocenters. The van der Waals surface area contributed by atoms with Crippen molar-refractivity contribution in [3.63, 3.8) is 0 Å². The van der Waals surface area contributed by atoms with E-state index in [1.54, 1.807) is 29.2 Å². The molecular weight excluding hydrogens is 466 g/mol. The van der Waals surface area contributed by atoms with Crippen molar-refractivity contribution in [3.05, 3.63) is 75.9 Å². The fourth-order valence-corrected chi connectivity index (χ4v) is 4.10. The molecule has 0 bridgehead atoms. The van der Waals surface area contributed by atoms with Crippen LogP contribution in [0.4, 0.5) is 14.7 Å². The highest BCUT2D eigenvalue weighted by atomic mass is 35.5. The monoisotopic (exact) mass is 486 g/mol. The van der Waals surface area contributed by atoms with E-state index in [0.717, 1.165) is 17.8 Å². The number of hydrogen-bond donors (Lipinski definition) is 0. The quantitative estimate of drug-likeness (QED) is 0.549. The van der Waals surface area contributed by atoms with Gasteiger partial charge in [-0.1, -0.05) is 11.6 Å². The third-order valence-electron chi connectivity index (χ3n) is 5.78. The second-order valence-corrected chi connectivity index (χ2v) is 8.45. The molecule has 0 aliphatic carbocycles. The first-order chi connectivity index (χ1) is 16.5. The van der Waals surface area contributed by atoms with Crippen LogP contribution < -0.4 is 9.64 Å². The lowest BCUT2D eigenvalue weighted by molar-refractivity contribution is 0.0731. The fraction of sp³-hybridized carbons (Fsp3) is 0.292. The Hall–Kier alpha value is -3.30. The molecule has 1 saturated heterocycles. The number of aromatic nitrogens is 2. The van der Waals surface area contributed by atoms with Gasteiger partial charge in [0.1, 0.15) is 5.82 Å². The van der Waals surface area contributed by atoms with Crippen molar-refractivity contribution in [1.29, 1.82) is 0 Å². The summed E-state index contributed by atoms with van der Waals surface area (Å²) in [6.07, 6.45) is 0.483. The molecule has 2 aromatic carbocycles. The summed E-state index contributed by atoms with van der Waals surface area (Å²) in [5.41, 5.74) is 1.83. The van der Waals surface area contributed by atoms with E-state index < -0.39 is 11.6 Å². The number of anilines is 1. The minimum atomic E-state index is -0.842. The molecule has 5 rings (SSSR count). The number of carbonyl (C=O) groups is 1. The molecule has 34 heavy (non-hydrogen) atoms. The molecule has 3 heterocycles. The second kappa shape index (κ2) is 9.52. The number of carbonyl (C=O) groups excluding carboxylic acids is 1. The summed E-state index contributed by atoms with van der Waals surface area (Å²) < 4.78 is 39.0. The third-order valence-corrected chi connectivity index (χ3v) is 6.04. The Bertz CT molecular complexity index is 1220. The highest BCUT2D eigenvalue weighted by Crippen LogP contribution is 2.33. The summed E-state index contributed by atoms with van der Waals surface area (Å²) in [6, 6.07) is 9.75. The average Bonchev–Trinajstić information content (AvgIpc) is 2.86. The van der Waals surface area contributed by atoms with Crippen molar-refractivity contribution in [2.75, 3.05) is 37.7 Å². The number of fused-ring (bicyclic) bond motifs is 1. The van der Waals surface area contributed by atoms with Gasteiger partial charge in [-0.2, -0.15) is 4.98 Å². The van der Waals surface area contributed by atoms with E-state index in [0.29, 0.717) is 61.4 Å². The van der Waals surface area contributed by atoms with Crippen LogP contribution in [0.5, 0.6) is 11.6 Å². The van der Waals surface area contributed by atoms with Gasteiger partial charge in [0.2, 0.25) is 11.8 Å². The van der Waals surface area contributed by atoms with Gasteiger partial charge in [-0.15, -0.1) is 0 Å². The predicted octanol–water partition coefficient (Wildman–Crippen LogP) is 4.24. The number of halogens is 3.